The first kappa shape index (κ1) is 14.8. The lowest BCUT2D eigenvalue weighted by molar-refractivity contribution is 0.421. The standard InChI is InChI=1S/C19H16N6O/c1-12-8-13-10-21-23-18(13)14(9-12)19-22-17(24-26-19)6-7-25-11-20-15-4-2-3-5-16(15)25/h2-5,8-11H,6-7H2,1H3,(H,21,23). The zero-order chi connectivity index (χ0) is 17.5. The molecule has 0 spiro atoms. The zero-order valence-electron chi connectivity index (χ0n) is 14.2. The van der Waals surface area contributed by atoms with Crippen molar-refractivity contribution in [3.8, 4) is 11.5 Å². The van der Waals surface area contributed by atoms with Crippen LogP contribution in [0.2, 0.25) is 0 Å². The molecule has 2 aromatic carbocycles. The van der Waals surface area contributed by atoms with Crippen molar-refractivity contribution in [2.24, 2.45) is 0 Å². The SMILES string of the molecule is Cc1cc(-c2nc(CCn3cnc4ccccc43)no2)c2[nH]ncc2c1. The molecule has 0 aliphatic heterocycles. The lowest BCUT2D eigenvalue weighted by Gasteiger charge is -2.01. The fourth-order valence-electron chi connectivity index (χ4n) is 3.25. The number of fused-ring (bicyclic) bond motifs is 2. The van der Waals surface area contributed by atoms with Crippen LogP contribution in [0.5, 0.6) is 0 Å². The first-order valence-corrected chi connectivity index (χ1v) is 8.44. The number of H-pyrrole nitrogens is 1. The van der Waals surface area contributed by atoms with Crippen LogP contribution in [0.1, 0.15) is 11.4 Å². The minimum atomic E-state index is 0.508. The number of hydrogen-bond acceptors (Lipinski definition) is 5. The Balaban J connectivity index is 1.42. The van der Waals surface area contributed by atoms with Crippen LogP contribution >= 0.6 is 0 Å². The minimum absolute atomic E-state index is 0.508. The Morgan fingerprint density at radius 1 is 1.19 bits per heavy atom. The lowest BCUT2D eigenvalue weighted by atomic mass is 10.1. The molecule has 0 bridgehead atoms. The van der Waals surface area contributed by atoms with Gasteiger partial charge in [0.05, 0.1) is 34.6 Å². The summed E-state index contributed by atoms with van der Waals surface area (Å²) < 4.78 is 7.61. The van der Waals surface area contributed by atoms with E-state index in [9.17, 15) is 0 Å². The number of aromatic nitrogens is 6. The van der Waals surface area contributed by atoms with Gasteiger partial charge >= 0.3 is 0 Å². The van der Waals surface area contributed by atoms with E-state index in [2.05, 4.69) is 42.0 Å². The number of hydrogen-bond donors (Lipinski definition) is 1. The number of imidazole rings is 1. The molecule has 0 aliphatic carbocycles. The Hall–Kier alpha value is -3.48. The molecule has 3 aromatic heterocycles. The molecule has 5 aromatic rings. The largest absolute Gasteiger partial charge is 0.334 e. The van der Waals surface area contributed by atoms with E-state index in [4.69, 9.17) is 4.52 Å². The molecule has 0 amide bonds. The highest BCUT2D eigenvalue weighted by Gasteiger charge is 2.14. The van der Waals surface area contributed by atoms with E-state index in [1.165, 1.54) is 0 Å². The van der Waals surface area contributed by atoms with Crippen molar-refractivity contribution in [2.75, 3.05) is 0 Å². The number of aromatic amines is 1. The van der Waals surface area contributed by atoms with Gasteiger partial charge in [-0.15, -0.1) is 0 Å². The van der Waals surface area contributed by atoms with Crippen molar-refractivity contribution >= 4 is 21.9 Å². The Kier molecular flexibility index (Phi) is 3.31. The van der Waals surface area contributed by atoms with Gasteiger partial charge in [0, 0.05) is 18.4 Å². The summed E-state index contributed by atoms with van der Waals surface area (Å²) in [5.74, 6) is 1.18. The quantitative estimate of drug-likeness (QED) is 0.539. The third kappa shape index (κ3) is 2.45. The number of aryl methyl sites for hydroxylation is 3. The molecule has 7 heteroatoms. The number of para-hydroxylation sites is 2. The van der Waals surface area contributed by atoms with Crippen LogP contribution < -0.4 is 0 Å². The Labute approximate surface area is 148 Å². The van der Waals surface area contributed by atoms with Crippen molar-refractivity contribution in [1.29, 1.82) is 0 Å². The molecule has 1 N–H and O–H groups in total. The maximum absolute atomic E-state index is 5.51. The highest BCUT2D eigenvalue weighted by atomic mass is 16.5. The molecule has 0 saturated heterocycles. The van der Waals surface area contributed by atoms with Crippen LogP contribution in [0.15, 0.2) is 53.4 Å². The molecule has 0 aliphatic rings. The molecule has 0 atom stereocenters. The monoisotopic (exact) mass is 344 g/mol. The van der Waals surface area contributed by atoms with Crippen LogP contribution in [0.25, 0.3) is 33.4 Å². The van der Waals surface area contributed by atoms with Crippen molar-refractivity contribution in [3.05, 3.63) is 60.3 Å². The lowest BCUT2D eigenvalue weighted by Crippen LogP contribution is -2.01. The smallest absolute Gasteiger partial charge is 0.260 e. The fraction of sp³-hybridized carbons (Fsp3) is 0.158. The summed E-state index contributed by atoms with van der Waals surface area (Å²) in [4.78, 5) is 8.98. The molecule has 3 heterocycles. The fourth-order valence-corrected chi connectivity index (χ4v) is 3.25. The van der Waals surface area contributed by atoms with Crippen molar-refractivity contribution in [2.45, 2.75) is 19.9 Å². The van der Waals surface area contributed by atoms with Crippen LogP contribution in [-0.4, -0.2) is 29.9 Å². The molecule has 26 heavy (non-hydrogen) atoms. The number of benzene rings is 2. The topological polar surface area (TPSA) is 85.4 Å². The predicted molar refractivity (Wildman–Crippen MR) is 97.6 cm³/mol. The third-order valence-corrected chi connectivity index (χ3v) is 4.50. The molecule has 7 nitrogen and oxygen atoms in total. The van der Waals surface area contributed by atoms with Gasteiger partial charge in [0.25, 0.3) is 5.89 Å². The second kappa shape index (κ2) is 5.80. The van der Waals surface area contributed by atoms with Crippen molar-refractivity contribution in [3.63, 3.8) is 0 Å². The second-order valence-electron chi connectivity index (χ2n) is 6.34. The molecule has 0 radical (unpaired) electrons. The minimum Gasteiger partial charge on any atom is -0.334 e. The van der Waals surface area contributed by atoms with E-state index in [-0.39, 0.29) is 0 Å². The summed E-state index contributed by atoms with van der Waals surface area (Å²) in [6.45, 7) is 2.78. The maximum Gasteiger partial charge on any atom is 0.260 e. The molecule has 128 valence electrons. The molecular formula is C19H16N6O. The van der Waals surface area contributed by atoms with E-state index in [0.717, 1.165) is 39.6 Å². The zero-order valence-corrected chi connectivity index (χ0v) is 14.2. The van der Waals surface area contributed by atoms with Gasteiger partial charge in [0.1, 0.15) is 0 Å². The van der Waals surface area contributed by atoms with Crippen LogP contribution in [0, 0.1) is 6.92 Å². The van der Waals surface area contributed by atoms with Gasteiger partial charge in [-0.1, -0.05) is 17.3 Å². The summed E-state index contributed by atoms with van der Waals surface area (Å²) >= 11 is 0. The summed E-state index contributed by atoms with van der Waals surface area (Å²) in [6, 6.07) is 12.2. The highest BCUT2D eigenvalue weighted by molar-refractivity contribution is 5.91. The summed E-state index contributed by atoms with van der Waals surface area (Å²) in [6.07, 6.45) is 4.31. The van der Waals surface area contributed by atoms with Gasteiger partial charge in [0.2, 0.25) is 0 Å². The van der Waals surface area contributed by atoms with E-state index in [1.54, 1.807) is 6.20 Å². The van der Waals surface area contributed by atoms with E-state index in [0.29, 0.717) is 18.1 Å². The Morgan fingerprint density at radius 2 is 2.12 bits per heavy atom. The molecule has 0 fully saturated rings. The summed E-state index contributed by atoms with van der Waals surface area (Å²) in [5, 5.41) is 12.3. The molecule has 5 rings (SSSR count). The van der Waals surface area contributed by atoms with Gasteiger partial charge in [-0.3, -0.25) is 5.10 Å². The third-order valence-electron chi connectivity index (χ3n) is 4.50. The second-order valence-corrected chi connectivity index (χ2v) is 6.34. The Bertz CT molecular complexity index is 1220. The van der Waals surface area contributed by atoms with Crippen LogP contribution in [0.3, 0.4) is 0 Å². The number of nitrogens with one attached hydrogen (secondary N) is 1. The molecular weight excluding hydrogens is 328 g/mol. The average Bonchev–Trinajstić information content (AvgIpc) is 3.38. The van der Waals surface area contributed by atoms with E-state index in [1.807, 2.05) is 37.5 Å². The van der Waals surface area contributed by atoms with Crippen LogP contribution in [-0.2, 0) is 13.0 Å². The van der Waals surface area contributed by atoms with Gasteiger partial charge in [-0.25, -0.2) is 4.98 Å². The van der Waals surface area contributed by atoms with Gasteiger partial charge < -0.3 is 9.09 Å². The molecule has 0 unspecified atom stereocenters. The average molecular weight is 344 g/mol. The first-order chi connectivity index (χ1) is 12.8. The van der Waals surface area contributed by atoms with Crippen molar-refractivity contribution in [1.82, 2.24) is 29.9 Å². The first-order valence-electron chi connectivity index (χ1n) is 8.44. The van der Waals surface area contributed by atoms with Gasteiger partial charge in [0.15, 0.2) is 5.82 Å². The number of rotatable bonds is 4. The normalized spacial score (nSPS) is 11.6. The van der Waals surface area contributed by atoms with Gasteiger partial charge in [-0.05, 0) is 36.8 Å². The predicted octanol–water partition coefficient (Wildman–Crippen LogP) is 3.51. The molecule has 0 saturated carbocycles. The number of nitrogens with zero attached hydrogens (tertiary/aromatic N) is 5. The van der Waals surface area contributed by atoms with Gasteiger partial charge in [-0.2, -0.15) is 10.1 Å². The highest BCUT2D eigenvalue weighted by Crippen LogP contribution is 2.27. The van der Waals surface area contributed by atoms with E-state index < -0.39 is 0 Å². The van der Waals surface area contributed by atoms with Crippen LogP contribution in [0.4, 0.5) is 0 Å². The summed E-state index contributed by atoms with van der Waals surface area (Å²) in [7, 11) is 0. The van der Waals surface area contributed by atoms with Crippen molar-refractivity contribution < 1.29 is 4.52 Å². The Morgan fingerprint density at radius 3 is 3.08 bits per heavy atom. The summed E-state index contributed by atoms with van der Waals surface area (Å²) in [5.41, 5.74) is 5.01. The maximum atomic E-state index is 5.51. The van der Waals surface area contributed by atoms with E-state index >= 15 is 0 Å².